The molecule has 6 heteroatoms. The lowest BCUT2D eigenvalue weighted by atomic mass is 10.1. The third-order valence-electron chi connectivity index (χ3n) is 3.28. The molecule has 0 aliphatic carbocycles. The van der Waals surface area contributed by atoms with E-state index in [1.54, 1.807) is 4.90 Å². The summed E-state index contributed by atoms with van der Waals surface area (Å²) in [6.45, 7) is 1.31. The Balaban J connectivity index is 2.23. The molecule has 0 bridgehead atoms. The third-order valence-corrected chi connectivity index (χ3v) is 3.28. The normalized spacial score (nSPS) is 15.9. The number of hydrogen-bond donors (Lipinski definition) is 0. The summed E-state index contributed by atoms with van der Waals surface area (Å²) in [7, 11) is 0. The average molecular weight is 266 g/mol. The van der Waals surface area contributed by atoms with Gasteiger partial charge >= 0.3 is 5.69 Å². The number of nitro groups is 1. The first-order chi connectivity index (χ1) is 9.09. The molecule has 1 aromatic carbocycles. The van der Waals surface area contributed by atoms with Crippen molar-refractivity contribution < 1.29 is 14.1 Å². The Morgan fingerprint density at radius 1 is 1.21 bits per heavy atom. The van der Waals surface area contributed by atoms with Crippen molar-refractivity contribution in [2.75, 3.05) is 13.1 Å². The molecule has 1 aliphatic heterocycles. The van der Waals surface area contributed by atoms with Crippen LogP contribution in [0.3, 0.4) is 0 Å². The standard InChI is InChI=1S/C13H15FN2O3/c14-11-6-5-10(9-12(11)16(18)19)13(17)15-7-3-1-2-4-8-15/h5-6,9H,1-4,7-8H2. The van der Waals surface area contributed by atoms with Gasteiger partial charge < -0.3 is 4.90 Å². The van der Waals surface area contributed by atoms with Crippen LogP contribution in [0.1, 0.15) is 36.0 Å². The first-order valence-electron chi connectivity index (χ1n) is 6.33. The van der Waals surface area contributed by atoms with E-state index in [9.17, 15) is 19.3 Å². The minimum absolute atomic E-state index is 0.176. The van der Waals surface area contributed by atoms with Crippen LogP contribution in [0.15, 0.2) is 18.2 Å². The van der Waals surface area contributed by atoms with Crippen molar-refractivity contribution in [1.82, 2.24) is 4.90 Å². The molecule has 1 aromatic rings. The Kier molecular flexibility index (Phi) is 4.09. The summed E-state index contributed by atoms with van der Waals surface area (Å²) in [5, 5.41) is 10.7. The molecule has 0 spiro atoms. The van der Waals surface area contributed by atoms with Gasteiger partial charge in [0.25, 0.3) is 5.91 Å². The number of hydrogen-bond acceptors (Lipinski definition) is 3. The van der Waals surface area contributed by atoms with Crippen molar-refractivity contribution in [3.63, 3.8) is 0 Å². The van der Waals surface area contributed by atoms with E-state index in [1.807, 2.05) is 0 Å². The van der Waals surface area contributed by atoms with Crippen LogP contribution in [0.5, 0.6) is 0 Å². The molecule has 2 rings (SSSR count). The molecule has 1 amide bonds. The number of likely N-dealkylation sites (tertiary alicyclic amines) is 1. The van der Waals surface area contributed by atoms with Gasteiger partial charge in [0.05, 0.1) is 4.92 Å². The Morgan fingerprint density at radius 3 is 2.42 bits per heavy atom. The highest BCUT2D eigenvalue weighted by Gasteiger charge is 2.21. The zero-order chi connectivity index (χ0) is 13.8. The molecule has 0 atom stereocenters. The molecular weight excluding hydrogens is 251 g/mol. The molecule has 1 aliphatic rings. The molecule has 0 radical (unpaired) electrons. The lowest BCUT2D eigenvalue weighted by Gasteiger charge is -2.20. The molecule has 0 saturated carbocycles. The predicted octanol–water partition coefficient (Wildman–Crippen LogP) is 2.75. The highest BCUT2D eigenvalue weighted by atomic mass is 19.1. The number of carbonyl (C=O) groups excluding carboxylic acids is 1. The van der Waals surface area contributed by atoms with Gasteiger partial charge in [0.15, 0.2) is 0 Å². The van der Waals surface area contributed by atoms with Gasteiger partial charge in [0.1, 0.15) is 0 Å². The van der Waals surface area contributed by atoms with Crippen LogP contribution in [0, 0.1) is 15.9 Å². The topological polar surface area (TPSA) is 63.4 Å². The second-order valence-corrected chi connectivity index (χ2v) is 4.63. The summed E-state index contributed by atoms with van der Waals surface area (Å²) in [4.78, 5) is 23.8. The fraction of sp³-hybridized carbons (Fsp3) is 0.462. The predicted molar refractivity (Wildman–Crippen MR) is 67.4 cm³/mol. The van der Waals surface area contributed by atoms with Crippen LogP contribution in [0.25, 0.3) is 0 Å². The first-order valence-corrected chi connectivity index (χ1v) is 6.33. The number of rotatable bonds is 2. The van der Waals surface area contributed by atoms with Crippen LogP contribution in [-0.4, -0.2) is 28.8 Å². The summed E-state index contributed by atoms with van der Waals surface area (Å²) in [5.74, 6) is -1.18. The molecule has 1 fully saturated rings. The molecular formula is C13H15FN2O3. The summed E-state index contributed by atoms with van der Waals surface area (Å²) in [6.07, 6.45) is 4.06. The van der Waals surface area contributed by atoms with Gasteiger partial charge in [-0.2, -0.15) is 4.39 Å². The Bertz CT molecular complexity index is 497. The molecule has 0 unspecified atom stereocenters. The van der Waals surface area contributed by atoms with Gasteiger partial charge in [0, 0.05) is 24.7 Å². The maximum atomic E-state index is 13.2. The van der Waals surface area contributed by atoms with Gasteiger partial charge in [-0.15, -0.1) is 0 Å². The van der Waals surface area contributed by atoms with E-state index in [1.165, 1.54) is 6.07 Å². The lowest BCUT2D eigenvalue weighted by Crippen LogP contribution is -2.31. The molecule has 102 valence electrons. The largest absolute Gasteiger partial charge is 0.339 e. The maximum Gasteiger partial charge on any atom is 0.305 e. The minimum atomic E-state index is -0.919. The van der Waals surface area contributed by atoms with Crippen LogP contribution >= 0.6 is 0 Å². The van der Waals surface area contributed by atoms with E-state index >= 15 is 0 Å². The Labute approximate surface area is 110 Å². The van der Waals surface area contributed by atoms with Crippen LogP contribution in [0.4, 0.5) is 10.1 Å². The average Bonchev–Trinajstić information content (AvgIpc) is 2.67. The van der Waals surface area contributed by atoms with E-state index in [-0.39, 0.29) is 11.5 Å². The number of benzene rings is 1. The smallest absolute Gasteiger partial charge is 0.305 e. The third kappa shape index (κ3) is 3.07. The second kappa shape index (κ2) is 5.77. The monoisotopic (exact) mass is 266 g/mol. The number of nitro benzene ring substituents is 1. The van der Waals surface area contributed by atoms with E-state index < -0.39 is 16.4 Å². The zero-order valence-electron chi connectivity index (χ0n) is 10.5. The van der Waals surface area contributed by atoms with E-state index in [4.69, 9.17) is 0 Å². The Hall–Kier alpha value is -1.98. The second-order valence-electron chi connectivity index (χ2n) is 4.63. The molecule has 1 heterocycles. The number of nitrogens with zero attached hydrogens (tertiary/aromatic N) is 2. The minimum Gasteiger partial charge on any atom is -0.339 e. The molecule has 0 aromatic heterocycles. The number of halogens is 1. The molecule has 5 nitrogen and oxygen atoms in total. The van der Waals surface area contributed by atoms with Crippen molar-refractivity contribution in [3.05, 3.63) is 39.7 Å². The van der Waals surface area contributed by atoms with Gasteiger partial charge in [0.2, 0.25) is 5.82 Å². The van der Waals surface area contributed by atoms with E-state index in [0.29, 0.717) is 13.1 Å². The molecule has 0 N–H and O–H groups in total. The fourth-order valence-electron chi connectivity index (χ4n) is 2.24. The SMILES string of the molecule is O=C(c1ccc(F)c([N+](=O)[O-])c1)N1CCCCCC1. The van der Waals surface area contributed by atoms with Crippen molar-refractivity contribution in [2.24, 2.45) is 0 Å². The fourth-order valence-corrected chi connectivity index (χ4v) is 2.24. The molecule has 1 saturated heterocycles. The van der Waals surface area contributed by atoms with Crippen LogP contribution < -0.4 is 0 Å². The lowest BCUT2D eigenvalue weighted by molar-refractivity contribution is -0.387. The van der Waals surface area contributed by atoms with Crippen molar-refractivity contribution in [1.29, 1.82) is 0 Å². The van der Waals surface area contributed by atoms with Gasteiger partial charge in [-0.25, -0.2) is 0 Å². The number of amides is 1. The van der Waals surface area contributed by atoms with Gasteiger partial charge in [-0.1, -0.05) is 12.8 Å². The summed E-state index contributed by atoms with van der Waals surface area (Å²) < 4.78 is 13.2. The highest BCUT2D eigenvalue weighted by Crippen LogP contribution is 2.20. The summed E-state index contributed by atoms with van der Waals surface area (Å²) >= 11 is 0. The summed E-state index contributed by atoms with van der Waals surface area (Å²) in [5.41, 5.74) is -0.476. The van der Waals surface area contributed by atoms with Crippen molar-refractivity contribution in [3.8, 4) is 0 Å². The van der Waals surface area contributed by atoms with Gasteiger partial charge in [-0.05, 0) is 25.0 Å². The van der Waals surface area contributed by atoms with Crippen LogP contribution in [-0.2, 0) is 0 Å². The highest BCUT2D eigenvalue weighted by molar-refractivity contribution is 5.94. The maximum absolute atomic E-state index is 13.2. The zero-order valence-corrected chi connectivity index (χ0v) is 10.5. The molecule has 19 heavy (non-hydrogen) atoms. The van der Waals surface area contributed by atoms with E-state index in [2.05, 4.69) is 0 Å². The Morgan fingerprint density at radius 2 is 1.84 bits per heavy atom. The quantitative estimate of drug-likeness (QED) is 0.610. The van der Waals surface area contributed by atoms with Crippen molar-refractivity contribution in [2.45, 2.75) is 25.7 Å². The van der Waals surface area contributed by atoms with E-state index in [0.717, 1.165) is 37.8 Å². The van der Waals surface area contributed by atoms with Gasteiger partial charge in [-0.3, -0.25) is 14.9 Å². The summed E-state index contributed by atoms with van der Waals surface area (Å²) in [6, 6.07) is 3.29. The number of carbonyl (C=O) groups is 1. The van der Waals surface area contributed by atoms with Crippen LogP contribution in [0.2, 0.25) is 0 Å². The first kappa shape index (κ1) is 13.5. The van der Waals surface area contributed by atoms with Crippen molar-refractivity contribution >= 4 is 11.6 Å².